The van der Waals surface area contributed by atoms with Gasteiger partial charge in [0.1, 0.15) is 17.8 Å². The van der Waals surface area contributed by atoms with Gasteiger partial charge in [0, 0.05) is 11.3 Å². The molecule has 1 aliphatic heterocycles. The third kappa shape index (κ3) is 3.85. The molecule has 1 aliphatic carbocycles. The molecule has 34 heavy (non-hydrogen) atoms. The van der Waals surface area contributed by atoms with E-state index in [1.165, 1.54) is 0 Å². The second-order valence-corrected chi connectivity index (χ2v) is 8.48. The molecule has 1 saturated carbocycles. The van der Waals surface area contributed by atoms with Crippen LogP contribution in [0.3, 0.4) is 0 Å². The second-order valence-electron chi connectivity index (χ2n) is 8.48. The molecule has 0 spiro atoms. The van der Waals surface area contributed by atoms with Gasteiger partial charge in [0.05, 0.1) is 13.2 Å². The van der Waals surface area contributed by atoms with Gasteiger partial charge in [-0.05, 0) is 60.0 Å². The average Bonchev–Trinajstić information content (AvgIpc) is 3.52. The first-order valence-corrected chi connectivity index (χ1v) is 10.9. The van der Waals surface area contributed by atoms with E-state index in [-0.39, 0.29) is 0 Å². The highest BCUT2D eigenvalue weighted by atomic mass is 16.5. The molecule has 2 heterocycles. The normalized spacial score (nSPS) is 19.8. The summed E-state index contributed by atoms with van der Waals surface area (Å²) in [6.45, 7) is 1.20. The van der Waals surface area contributed by atoms with E-state index in [0.717, 1.165) is 23.3 Å². The van der Waals surface area contributed by atoms with Gasteiger partial charge in [-0.3, -0.25) is 14.5 Å². The quantitative estimate of drug-likeness (QED) is 0.515. The standard InChI is InChI=1S/C23H23N7O4/c1-23(15-6-10-18(34-2)11-7-15)21(32)29(22(33)25-23)13-19(31)24-16-5-3-4-14(12-16)20-26-27-28-30(20)17-8-9-17/h3-7,10-12,17H,8-9,13H2,1-2H3,(H,24,31)(H,25,33)/t23-/m0/s1. The summed E-state index contributed by atoms with van der Waals surface area (Å²) in [6, 6.07) is 13.6. The predicted octanol–water partition coefficient (Wildman–Crippen LogP) is 2.09. The van der Waals surface area contributed by atoms with Crippen LogP contribution in [0.25, 0.3) is 11.4 Å². The maximum Gasteiger partial charge on any atom is 0.325 e. The predicted molar refractivity (Wildman–Crippen MR) is 121 cm³/mol. The first-order valence-electron chi connectivity index (χ1n) is 10.9. The second kappa shape index (κ2) is 8.25. The summed E-state index contributed by atoms with van der Waals surface area (Å²) in [5.74, 6) is 0.258. The first kappa shape index (κ1) is 21.6. The highest BCUT2D eigenvalue weighted by molar-refractivity contribution is 6.10. The summed E-state index contributed by atoms with van der Waals surface area (Å²) in [7, 11) is 1.55. The zero-order valence-electron chi connectivity index (χ0n) is 18.7. The van der Waals surface area contributed by atoms with E-state index in [2.05, 4.69) is 26.2 Å². The van der Waals surface area contributed by atoms with Gasteiger partial charge in [-0.1, -0.05) is 24.3 Å². The van der Waals surface area contributed by atoms with Crippen molar-refractivity contribution >= 4 is 23.5 Å². The number of hydrogen-bond donors (Lipinski definition) is 2. The fourth-order valence-electron chi connectivity index (χ4n) is 3.99. The number of urea groups is 1. The lowest BCUT2D eigenvalue weighted by Gasteiger charge is -2.22. The molecule has 3 aromatic rings. The van der Waals surface area contributed by atoms with Crippen LogP contribution in [0.5, 0.6) is 5.75 Å². The lowest BCUT2D eigenvalue weighted by atomic mass is 9.92. The zero-order valence-corrected chi connectivity index (χ0v) is 18.7. The monoisotopic (exact) mass is 461 g/mol. The van der Waals surface area contributed by atoms with Crippen molar-refractivity contribution in [1.29, 1.82) is 0 Å². The Bertz CT molecular complexity index is 1270. The maximum atomic E-state index is 13.1. The number of tetrazole rings is 1. The van der Waals surface area contributed by atoms with E-state index in [4.69, 9.17) is 4.74 Å². The molecule has 1 atom stereocenters. The number of rotatable bonds is 7. The molecule has 2 aliphatic rings. The number of methoxy groups -OCH3 is 1. The lowest BCUT2D eigenvalue weighted by molar-refractivity contribution is -0.133. The molecule has 0 bridgehead atoms. The fourth-order valence-corrected chi connectivity index (χ4v) is 3.99. The van der Waals surface area contributed by atoms with Gasteiger partial charge in [0.2, 0.25) is 5.91 Å². The highest BCUT2D eigenvalue weighted by Crippen LogP contribution is 2.37. The Labute approximate surface area is 195 Å². The Morgan fingerprint density at radius 3 is 2.68 bits per heavy atom. The third-order valence-electron chi connectivity index (χ3n) is 6.03. The number of nitrogens with zero attached hydrogens (tertiary/aromatic N) is 5. The third-order valence-corrected chi connectivity index (χ3v) is 6.03. The van der Waals surface area contributed by atoms with Crippen molar-refractivity contribution in [3.05, 3.63) is 54.1 Å². The number of carbonyl (C=O) groups excluding carboxylic acids is 3. The summed E-state index contributed by atoms with van der Waals surface area (Å²) in [6.07, 6.45) is 2.08. The fraction of sp³-hybridized carbons (Fsp3) is 0.304. The summed E-state index contributed by atoms with van der Waals surface area (Å²) in [5, 5.41) is 17.4. The summed E-state index contributed by atoms with van der Waals surface area (Å²) < 4.78 is 6.93. The Kier molecular flexibility index (Phi) is 5.23. The van der Waals surface area contributed by atoms with Gasteiger partial charge < -0.3 is 15.4 Å². The van der Waals surface area contributed by atoms with Crippen molar-refractivity contribution in [3.8, 4) is 17.1 Å². The minimum atomic E-state index is -1.27. The Hall–Kier alpha value is -4.28. The van der Waals surface area contributed by atoms with Crippen LogP contribution in [0.15, 0.2) is 48.5 Å². The van der Waals surface area contributed by atoms with Gasteiger partial charge in [0.15, 0.2) is 5.82 Å². The van der Waals surface area contributed by atoms with Gasteiger partial charge >= 0.3 is 6.03 Å². The number of amides is 4. The van der Waals surface area contributed by atoms with Gasteiger partial charge in [-0.15, -0.1) is 5.10 Å². The molecule has 11 heteroatoms. The molecule has 2 aromatic carbocycles. The number of imide groups is 1. The number of hydrogen-bond acceptors (Lipinski definition) is 7. The minimum Gasteiger partial charge on any atom is -0.497 e. The van der Waals surface area contributed by atoms with E-state index in [9.17, 15) is 14.4 Å². The number of anilines is 1. The van der Waals surface area contributed by atoms with E-state index in [0.29, 0.717) is 28.9 Å². The van der Waals surface area contributed by atoms with Gasteiger partial charge in [0.25, 0.3) is 5.91 Å². The largest absolute Gasteiger partial charge is 0.497 e. The summed E-state index contributed by atoms with van der Waals surface area (Å²) in [5.41, 5.74) is 0.592. The smallest absolute Gasteiger partial charge is 0.325 e. The Balaban J connectivity index is 1.28. The molecule has 0 radical (unpaired) electrons. The molecule has 11 nitrogen and oxygen atoms in total. The van der Waals surface area contributed by atoms with Crippen molar-refractivity contribution < 1.29 is 19.1 Å². The molecular formula is C23H23N7O4. The highest BCUT2D eigenvalue weighted by Gasteiger charge is 2.49. The lowest BCUT2D eigenvalue weighted by Crippen LogP contribution is -2.42. The van der Waals surface area contributed by atoms with Crippen LogP contribution < -0.4 is 15.4 Å². The van der Waals surface area contributed by atoms with Crippen molar-refractivity contribution in [2.24, 2.45) is 0 Å². The molecule has 2 fully saturated rings. The zero-order chi connectivity index (χ0) is 23.9. The van der Waals surface area contributed by atoms with E-state index in [1.54, 1.807) is 61.2 Å². The molecule has 5 rings (SSSR count). The van der Waals surface area contributed by atoms with Crippen molar-refractivity contribution in [3.63, 3.8) is 0 Å². The molecule has 2 N–H and O–H groups in total. The van der Waals surface area contributed by atoms with Crippen LogP contribution in [-0.4, -0.2) is 56.6 Å². The van der Waals surface area contributed by atoms with Crippen LogP contribution in [0.2, 0.25) is 0 Å². The van der Waals surface area contributed by atoms with Crippen LogP contribution >= 0.6 is 0 Å². The van der Waals surface area contributed by atoms with E-state index >= 15 is 0 Å². The number of carbonyl (C=O) groups is 3. The molecule has 4 amide bonds. The van der Waals surface area contributed by atoms with E-state index in [1.807, 2.05) is 6.07 Å². The molecule has 0 unspecified atom stereocenters. The summed E-state index contributed by atoms with van der Waals surface area (Å²) in [4.78, 5) is 39.3. The Morgan fingerprint density at radius 2 is 1.97 bits per heavy atom. The molecule has 1 aromatic heterocycles. The number of nitrogens with one attached hydrogen (secondary N) is 2. The SMILES string of the molecule is COc1ccc([C@]2(C)NC(=O)N(CC(=O)Nc3cccc(-c4nnnn4C4CC4)c3)C2=O)cc1. The van der Waals surface area contributed by atoms with Crippen LogP contribution in [0.1, 0.15) is 31.4 Å². The van der Waals surface area contributed by atoms with Crippen molar-refractivity contribution in [2.75, 3.05) is 19.0 Å². The topological polar surface area (TPSA) is 131 Å². The first-order chi connectivity index (χ1) is 16.4. The Morgan fingerprint density at radius 1 is 1.21 bits per heavy atom. The van der Waals surface area contributed by atoms with Crippen molar-refractivity contribution in [2.45, 2.75) is 31.3 Å². The molecule has 1 saturated heterocycles. The van der Waals surface area contributed by atoms with Crippen molar-refractivity contribution in [1.82, 2.24) is 30.4 Å². The number of ether oxygens (including phenoxy) is 1. The van der Waals surface area contributed by atoms with Crippen LogP contribution in [0, 0.1) is 0 Å². The minimum absolute atomic E-state index is 0.308. The molecule has 174 valence electrons. The van der Waals surface area contributed by atoms with E-state index < -0.39 is 29.9 Å². The van der Waals surface area contributed by atoms with Crippen LogP contribution in [0.4, 0.5) is 10.5 Å². The average molecular weight is 461 g/mol. The van der Waals surface area contributed by atoms with Crippen LogP contribution in [-0.2, 0) is 15.1 Å². The number of aromatic nitrogens is 4. The van der Waals surface area contributed by atoms with Gasteiger partial charge in [-0.25, -0.2) is 9.48 Å². The summed E-state index contributed by atoms with van der Waals surface area (Å²) >= 11 is 0. The molecular weight excluding hydrogens is 438 g/mol. The van der Waals surface area contributed by atoms with Gasteiger partial charge in [-0.2, -0.15) is 0 Å². The number of benzene rings is 2. The maximum absolute atomic E-state index is 13.1.